The molecule has 0 heterocycles. The number of rotatable bonds is 8. The van der Waals surface area contributed by atoms with Crippen molar-refractivity contribution in [2.75, 3.05) is 6.54 Å². The SMILES string of the molecule is O=C(CCCNC(=O)c1ccccc1)NC(c1ccccc1)c1ccc(Cl)cc1. The Hall–Kier alpha value is -3.11. The van der Waals surface area contributed by atoms with Gasteiger partial charge in [0, 0.05) is 23.6 Å². The smallest absolute Gasteiger partial charge is 0.251 e. The van der Waals surface area contributed by atoms with Gasteiger partial charge in [-0.25, -0.2) is 0 Å². The Bertz CT molecular complexity index is 928. The molecule has 5 heteroatoms. The van der Waals surface area contributed by atoms with Crippen LogP contribution in [0.2, 0.25) is 5.02 Å². The first-order chi connectivity index (χ1) is 14.1. The number of nitrogens with one attached hydrogen (secondary N) is 2. The van der Waals surface area contributed by atoms with E-state index in [4.69, 9.17) is 11.6 Å². The van der Waals surface area contributed by atoms with Crippen LogP contribution in [0.3, 0.4) is 0 Å². The van der Waals surface area contributed by atoms with Crippen molar-refractivity contribution in [3.8, 4) is 0 Å². The summed E-state index contributed by atoms with van der Waals surface area (Å²) in [5.74, 6) is -0.197. The Morgan fingerprint density at radius 3 is 2.03 bits per heavy atom. The third kappa shape index (κ3) is 6.19. The van der Waals surface area contributed by atoms with Gasteiger partial charge in [0.15, 0.2) is 0 Å². The molecular weight excluding hydrogens is 384 g/mol. The highest BCUT2D eigenvalue weighted by Crippen LogP contribution is 2.23. The van der Waals surface area contributed by atoms with Gasteiger partial charge in [0.2, 0.25) is 5.91 Å². The van der Waals surface area contributed by atoms with E-state index < -0.39 is 0 Å². The monoisotopic (exact) mass is 406 g/mol. The molecule has 0 radical (unpaired) electrons. The number of carbonyl (C=O) groups excluding carboxylic acids is 2. The molecule has 0 saturated carbocycles. The van der Waals surface area contributed by atoms with Crippen molar-refractivity contribution in [1.29, 1.82) is 0 Å². The first-order valence-corrected chi connectivity index (χ1v) is 9.94. The third-order valence-corrected chi connectivity index (χ3v) is 4.80. The van der Waals surface area contributed by atoms with Crippen LogP contribution in [0.15, 0.2) is 84.9 Å². The zero-order chi connectivity index (χ0) is 20.5. The molecule has 0 aromatic heterocycles. The normalized spacial score (nSPS) is 11.5. The summed E-state index contributed by atoms with van der Waals surface area (Å²) in [4.78, 5) is 24.6. The summed E-state index contributed by atoms with van der Waals surface area (Å²) >= 11 is 6.00. The van der Waals surface area contributed by atoms with E-state index >= 15 is 0 Å². The van der Waals surface area contributed by atoms with Crippen LogP contribution in [0.1, 0.15) is 40.4 Å². The van der Waals surface area contributed by atoms with Gasteiger partial charge in [-0.15, -0.1) is 0 Å². The highest BCUT2D eigenvalue weighted by Gasteiger charge is 2.16. The van der Waals surface area contributed by atoms with E-state index in [1.165, 1.54) is 0 Å². The molecule has 3 aromatic rings. The molecule has 1 atom stereocenters. The number of amides is 2. The molecule has 0 aliphatic rings. The van der Waals surface area contributed by atoms with Gasteiger partial charge >= 0.3 is 0 Å². The molecule has 3 aromatic carbocycles. The largest absolute Gasteiger partial charge is 0.352 e. The van der Waals surface area contributed by atoms with Gasteiger partial charge in [-0.05, 0) is 41.8 Å². The van der Waals surface area contributed by atoms with E-state index in [1.54, 1.807) is 12.1 Å². The van der Waals surface area contributed by atoms with Gasteiger partial charge in [-0.1, -0.05) is 72.3 Å². The fourth-order valence-corrected chi connectivity index (χ4v) is 3.16. The number of carbonyl (C=O) groups is 2. The van der Waals surface area contributed by atoms with E-state index in [0.717, 1.165) is 11.1 Å². The van der Waals surface area contributed by atoms with E-state index in [1.807, 2.05) is 72.8 Å². The van der Waals surface area contributed by atoms with Gasteiger partial charge < -0.3 is 10.6 Å². The Morgan fingerprint density at radius 1 is 0.793 bits per heavy atom. The summed E-state index contributed by atoms with van der Waals surface area (Å²) in [6.07, 6.45) is 0.887. The second kappa shape index (κ2) is 10.4. The van der Waals surface area contributed by atoms with Crippen LogP contribution in [-0.4, -0.2) is 18.4 Å². The molecular formula is C24H23ClN2O2. The van der Waals surface area contributed by atoms with Crippen molar-refractivity contribution in [2.24, 2.45) is 0 Å². The van der Waals surface area contributed by atoms with Gasteiger partial charge in [0.05, 0.1) is 6.04 Å². The fourth-order valence-electron chi connectivity index (χ4n) is 3.04. The van der Waals surface area contributed by atoms with Crippen LogP contribution in [0, 0.1) is 0 Å². The van der Waals surface area contributed by atoms with Crippen LogP contribution in [-0.2, 0) is 4.79 Å². The van der Waals surface area contributed by atoms with Crippen LogP contribution in [0.5, 0.6) is 0 Å². The maximum atomic E-state index is 12.5. The highest BCUT2D eigenvalue weighted by atomic mass is 35.5. The standard InChI is InChI=1S/C24H23ClN2O2/c25-21-15-13-19(14-16-21)23(18-8-3-1-4-9-18)27-22(28)12-7-17-26-24(29)20-10-5-2-6-11-20/h1-6,8-11,13-16,23H,7,12,17H2,(H,26,29)(H,27,28). The van der Waals surface area contributed by atoms with Crippen molar-refractivity contribution >= 4 is 23.4 Å². The van der Waals surface area contributed by atoms with Crippen molar-refractivity contribution in [1.82, 2.24) is 10.6 Å². The van der Waals surface area contributed by atoms with E-state index in [0.29, 0.717) is 30.0 Å². The lowest BCUT2D eigenvalue weighted by Gasteiger charge is -2.20. The van der Waals surface area contributed by atoms with Crippen LogP contribution in [0.25, 0.3) is 0 Å². The second-order valence-electron chi connectivity index (χ2n) is 6.69. The fraction of sp³-hybridized carbons (Fsp3) is 0.167. The van der Waals surface area contributed by atoms with E-state index in [-0.39, 0.29) is 17.9 Å². The Kier molecular flexibility index (Phi) is 7.42. The molecule has 0 saturated heterocycles. The summed E-state index contributed by atoms with van der Waals surface area (Å²) in [5, 5.41) is 6.59. The van der Waals surface area contributed by atoms with Crippen molar-refractivity contribution < 1.29 is 9.59 Å². The van der Waals surface area contributed by atoms with Crippen molar-refractivity contribution in [3.63, 3.8) is 0 Å². The topological polar surface area (TPSA) is 58.2 Å². The van der Waals surface area contributed by atoms with Crippen molar-refractivity contribution in [2.45, 2.75) is 18.9 Å². The van der Waals surface area contributed by atoms with Gasteiger partial charge in [0.25, 0.3) is 5.91 Å². The molecule has 0 aliphatic heterocycles. The van der Waals surface area contributed by atoms with Crippen LogP contribution < -0.4 is 10.6 Å². The summed E-state index contributed by atoms with van der Waals surface area (Å²) < 4.78 is 0. The minimum absolute atomic E-state index is 0.0669. The number of benzene rings is 3. The molecule has 2 amide bonds. The Labute approximate surface area is 175 Å². The lowest BCUT2D eigenvalue weighted by Crippen LogP contribution is -2.30. The van der Waals surface area contributed by atoms with Crippen molar-refractivity contribution in [3.05, 3.63) is 107 Å². The second-order valence-corrected chi connectivity index (χ2v) is 7.12. The molecule has 148 valence electrons. The van der Waals surface area contributed by atoms with E-state index in [9.17, 15) is 9.59 Å². The molecule has 0 aliphatic carbocycles. The van der Waals surface area contributed by atoms with Gasteiger partial charge in [-0.3, -0.25) is 9.59 Å². The molecule has 2 N–H and O–H groups in total. The van der Waals surface area contributed by atoms with Gasteiger partial charge in [0.1, 0.15) is 0 Å². The summed E-state index contributed by atoms with van der Waals surface area (Å²) in [5.41, 5.74) is 2.58. The maximum absolute atomic E-state index is 12.5. The van der Waals surface area contributed by atoms with Crippen LogP contribution >= 0.6 is 11.6 Å². The molecule has 0 fully saturated rings. The quantitative estimate of drug-likeness (QED) is 0.530. The third-order valence-electron chi connectivity index (χ3n) is 4.54. The molecule has 1 unspecified atom stereocenters. The lowest BCUT2D eigenvalue weighted by atomic mass is 9.98. The summed E-state index contributed by atoms with van der Waals surface area (Å²) in [6, 6.07) is 26.1. The summed E-state index contributed by atoms with van der Waals surface area (Å²) in [7, 11) is 0. The Morgan fingerprint density at radius 2 is 1.38 bits per heavy atom. The zero-order valence-corrected chi connectivity index (χ0v) is 16.7. The minimum Gasteiger partial charge on any atom is -0.352 e. The number of halogens is 1. The highest BCUT2D eigenvalue weighted by molar-refractivity contribution is 6.30. The predicted octanol–water partition coefficient (Wildman–Crippen LogP) is 4.76. The predicted molar refractivity (Wildman–Crippen MR) is 116 cm³/mol. The minimum atomic E-state index is -0.250. The molecule has 29 heavy (non-hydrogen) atoms. The van der Waals surface area contributed by atoms with E-state index in [2.05, 4.69) is 10.6 Å². The Balaban J connectivity index is 1.55. The molecule has 0 bridgehead atoms. The number of hydrogen-bond donors (Lipinski definition) is 2. The zero-order valence-electron chi connectivity index (χ0n) is 16.0. The average Bonchev–Trinajstić information content (AvgIpc) is 2.77. The summed E-state index contributed by atoms with van der Waals surface area (Å²) in [6.45, 7) is 0.443. The lowest BCUT2D eigenvalue weighted by molar-refractivity contribution is -0.121. The average molecular weight is 407 g/mol. The maximum Gasteiger partial charge on any atom is 0.251 e. The number of hydrogen-bond acceptors (Lipinski definition) is 2. The molecule has 4 nitrogen and oxygen atoms in total. The molecule has 3 rings (SSSR count). The molecule has 0 spiro atoms. The first-order valence-electron chi connectivity index (χ1n) is 9.56. The van der Waals surface area contributed by atoms with Gasteiger partial charge in [-0.2, -0.15) is 0 Å². The van der Waals surface area contributed by atoms with Crippen LogP contribution in [0.4, 0.5) is 0 Å². The first kappa shape index (κ1) is 20.6.